The van der Waals surface area contributed by atoms with Crippen LogP contribution in [0.5, 0.6) is 0 Å². The number of benzene rings is 1. The third-order valence-corrected chi connectivity index (χ3v) is 7.31. The van der Waals surface area contributed by atoms with E-state index in [1.807, 2.05) is 6.07 Å². The van der Waals surface area contributed by atoms with Gasteiger partial charge < -0.3 is 15.5 Å². The number of aliphatic imine (C=N–C) groups is 1. The maximum atomic E-state index is 12.2. The van der Waals surface area contributed by atoms with E-state index in [9.17, 15) is 14.9 Å². The molecular weight excluding hydrogens is 414 g/mol. The zero-order valence-electron chi connectivity index (χ0n) is 18.0. The molecule has 3 aliphatic heterocycles. The van der Waals surface area contributed by atoms with Gasteiger partial charge in [0.1, 0.15) is 5.69 Å². The number of thioether (sulfide) groups is 1. The lowest BCUT2D eigenvalue weighted by molar-refractivity contribution is -0.384. The Balaban J connectivity index is 1.79. The molecule has 0 atom stereocenters. The molecule has 2 fully saturated rings. The molecule has 0 spiro atoms. The first-order valence-electron chi connectivity index (χ1n) is 10.9. The summed E-state index contributed by atoms with van der Waals surface area (Å²) in [7, 11) is 0. The summed E-state index contributed by atoms with van der Waals surface area (Å²) in [6.45, 7) is 7.90. The van der Waals surface area contributed by atoms with Crippen LogP contribution < -0.4 is 15.5 Å². The van der Waals surface area contributed by atoms with E-state index in [0.717, 1.165) is 69.3 Å². The summed E-state index contributed by atoms with van der Waals surface area (Å²) in [5, 5.41) is 12.2. The number of hydrogen-bond acceptors (Lipinski definition) is 7. The second kappa shape index (κ2) is 8.90. The highest BCUT2D eigenvalue weighted by Gasteiger charge is 2.29. The largest absolute Gasteiger partial charge is 0.378 e. The third kappa shape index (κ3) is 4.71. The summed E-state index contributed by atoms with van der Waals surface area (Å²) in [5.74, 6) is 0.912. The number of rotatable bonds is 4. The van der Waals surface area contributed by atoms with Gasteiger partial charge in [0.15, 0.2) is 5.17 Å². The number of anilines is 2. The number of piperidine rings is 2. The van der Waals surface area contributed by atoms with Gasteiger partial charge in [0, 0.05) is 43.5 Å². The molecule has 3 aliphatic rings. The minimum Gasteiger partial charge on any atom is -0.378 e. The van der Waals surface area contributed by atoms with Crippen LogP contribution in [0, 0.1) is 22.0 Å². The van der Waals surface area contributed by atoms with E-state index in [0.29, 0.717) is 28.0 Å². The van der Waals surface area contributed by atoms with Crippen molar-refractivity contribution in [2.75, 3.05) is 36.0 Å². The molecule has 1 amide bonds. The second-order valence-electron chi connectivity index (χ2n) is 8.86. The number of hydrogen-bond donors (Lipinski definition) is 1. The van der Waals surface area contributed by atoms with Crippen LogP contribution in [0.3, 0.4) is 0 Å². The molecule has 166 valence electrons. The number of nitro groups is 1. The molecule has 0 unspecified atom stereocenters. The normalized spacial score (nSPS) is 22.3. The first kappa shape index (κ1) is 21.7. The molecule has 0 bridgehead atoms. The molecule has 2 N–H and O–H groups in total. The Bertz CT molecular complexity index is 945. The predicted octanol–water partition coefficient (Wildman–Crippen LogP) is 4.00. The van der Waals surface area contributed by atoms with Gasteiger partial charge in [-0.05, 0) is 61.4 Å². The fourth-order valence-corrected chi connectivity index (χ4v) is 5.11. The van der Waals surface area contributed by atoms with Crippen LogP contribution in [-0.2, 0) is 4.79 Å². The van der Waals surface area contributed by atoms with Gasteiger partial charge in [-0.25, -0.2) is 0 Å². The first-order valence-corrected chi connectivity index (χ1v) is 11.7. The number of nitrogens with two attached hydrogens (primary N) is 1. The Morgan fingerprint density at radius 1 is 1.06 bits per heavy atom. The van der Waals surface area contributed by atoms with Gasteiger partial charge in [-0.1, -0.05) is 13.8 Å². The Morgan fingerprint density at radius 2 is 1.61 bits per heavy atom. The highest BCUT2D eigenvalue weighted by atomic mass is 32.2. The van der Waals surface area contributed by atoms with Gasteiger partial charge in [0.2, 0.25) is 0 Å². The van der Waals surface area contributed by atoms with Crippen molar-refractivity contribution in [3.8, 4) is 0 Å². The van der Waals surface area contributed by atoms with Crippen molar-refractivity contribution < 1.29 is 9.72 Å². The van der Waals surface area contributed by atoms with E-state index in [-0.39, 0.29) is 15.8 Å². The van der Waals surface area contributed by atoms with Crippen molar-refractivity contribution in [3.05, 3.63) is 32.7 Å². The molecule has 0 saturated carbocycles. The smallest absolute Gasteiger partial charge is 0.293 e. The Labute approximate surface area is 186 Å². The maximum Gasteiger partial charge on any atom is 0.293 e. The standard InChI is InChI=1S/C22H29N5O3S/c1-14-3-7-25(8-4-14)17-13-18(26-9-5-15(2)6-10-26)19(27(29)30)11-16(17)12-20-21(28)24-22(23)31-20/h11-15H,3-10H2,1-2H3,(H2,23,24,28). The Hall–Kier alpha value is -2.55. The van der Waals surface area contributed by atoms with Crippen LogP contribution >= 0.6 is 11.8 Å². The van der Waals surface area contributed by atoms with Crippen LogP contribution in [0.1, 0.15) is 45.1 Å². The Morgan fingerprint density at radius 3 is 2.10 bits per heavy atom. The summed E-state index contributed by atoms with van der Waals surface area (Å²) in [6.07, 6.45) is 5.92. The lowest BCUT2D eigenvalue weighted by Crippen LogP contribution is -2.35. The van der Waals surface area contributed by atoms with E-state index in [2.05, 4.69) is 28.6 Å². The van der Waals surface area contributed by atoms with E-state index in [1.54, 1.807) is 12.1 Å². The lowest BCUT2D eigenvalue weighted by Gasteiger charge is -2.35. The predicted molar refractivity (Wildman–Crippen MR) is 127 cm³/mol. The van der Waals surface area contributed by atoms with Gasteiger partial charge in [-0.15, -0.1) is 0 Å². The molecule has 31 heavy (non-hydrogen) atoms. The van der Waals surface area contributed by atoms with E-state index in [4.69, 9.17) is 5.73 Å². The molecule has 1 aromatic carbocycles. The van der Waals surface area contributed by atoms with Crippen molar-refractivity contribution in [2.24, 2.45) is 22.6 Å². The highest BCUT2D eigenvalue weighted by Crippen LogP contribution is 2.40. The number of carbonyl (C=O) groups is 1. The first-order chi connectivity index (χ1) is 14.8. The number of amides is 1. The number of carbonyl (C=O) groups excluding carboxylic acids is 1. The molecule has 0 aromatic heterocycles. The molecule has 0 radical (unpaired) electrons. The molecule has 1 aromatic rings. The number of nitro benzene ring substituents is 1. The van der Waals surface area contributed by atoms with Crippen LogP contribution in [0.2, 0.25) is 0 Å². The van der Waals surface area contributed by atoms with Crippen LogP contribution in [-0.4, -0.2) is 42.2 Å². The van der Waals surface area contributed by atoms with Crippen molar-refractivity contribution in [1.82, 2.24) is 0 Å². The zero-order valence-corrected chi connectivity index (χ0v) is 18.9. The molecule has 9 heteroatoms. The summed E-state index contributed by atoms with van der Waals surface area (Å²) < 4.78 is 0. The quantitative estimate of drug-likeness (QED) is 0.426. The summed E-state index contributed by atoms with van der Waals surface area (Å²) in [6, 6.07) is 3.58. The van der Waals surface area contributed by atoms with Gasteiger partial charge in [0.05, 0.1) is 9.83 Å². The fraction of sp³-hybridized carbons (Fsp3) is 0.545. The van der Waals surface area contributed by atoms with Crippen molar-refractivity contribution in [3.63, 3.8) is 0 Å². The van der Waals surface area contributed by atoms with E-state index >= 15 is 0 Å². The highest BCUT2D eigenvalue weighted by molar-refractivity contribution is 8.18. The summed E-state index contributed by atoms with van der Waals surface area (Å²) in [4.78, 5) is 32.5. The minimum atomic E-state index is -0.391. The summed E-state index contributed by atoms with van der Waals surface area (Å²) >= 11 is 1.11. The number of nitrogens with zero attached hydrogens (tertiary/aromatic N) is 4. The fourth-order valence-electron chi connectivity index (χ4n) is 4.44. The summed E-state index contributed by atoms with van der Waals surface area (Å²) in [5.41, 5.74) is 8.08. The van der Waals surface area contributed by atoms with E-state index in [1.165, 1.54) is 0 Å². The van der Waals surface area contributed by atoms with Crippen LogP contribution in [0.4, 0.5) is 17.1 Å². The third-order valence-electron chi connectivity index (χ3n) is 6.49. The van der Waals surface area contributed by atoms with Gasteiger partial charge in [0.25, 0.3) is 11.6 Å². The Kier molecular flexibility index (Phi) is 6.22. The average Bonchev–Trinajstić information content (AvgIpc) is 3.05. The lowest BCUT2D eigenvalue weighted by atomic mass is 9.96. The molecular formula is C22H29N5O3S. The van der Waals surface area contributed by atoms with Crippen molar-refractivity contribution >= 4 is 46.0 Å². The SMILES string of the molecule is CC1CCN(c2cc(N3CCC(C)CC3)c([N+](=O)[O-])cc2C=C2SC(N)=NC2=O)CC1. The van der Waals surface area contributed by atoms with E-state index < -0.39 is 5.91 Å². The second-order valence-corrected chi connectivity index (χ2v) is 9.92. The maximum absolute atomic E-state index is 12.2. The molecule has 4 rings (SSSR count). The zero-order chi connectivity index (χ0) is 22.1. The van der Waals surface area contributed by atoms with Gasteiger partial charge >= 0.3 is 0 Å². The molecule has 0 aliphatic carbocycles. The van der Waals surface area contributed by atoms with Crippen LogP contribution in [0.15, 0.2) is 22.0 Å². The molecule has 3 heterocycles. The monoisotopic (exact) mass is 443 g/mol. The van der Waals surface area contributed by atoms with Crippen molar-refractivity contribution in [1.29, 1.82) is 0 Å². The molecule has 2 saturated heterocycles. The average molecular weight is 444 g/mol. The van der Waals surface area contributed by atoms with Gasteiger partial charge in [-0.2, -0.15) is 4.99 Å². The number of amidine groups is 1. The molecule has 8 nitrogen and oxygen atoms in total. The minimum absolute atomic E-state index is 0.0832. The topological polar surface area (TPSA) is 105 Å². The van der Waals surface area contributed by atoms with Gasteiger partial charge in [-0.3, -0.25) is 14.9 Å². The van der Waals surface area contributed by atoms with Crippen LogP contribution in [0.25, 0.3) is 6.08 Å². The van der Waals surface area contributed by atoms with Crippen molar-refractivity contribution in [2.45, 2.75) is 39.5 Å².